The fourth-order valence-electron chi connectivity index (χ4n) is 2.50. The van der Waals surface area contributed by atoms with Crippen LogP contribution in [0.1, 0.15) is 31.4 Å². The van der Waals surface area contributed by atoms with Crippen molar-refractivity contribution in [3.05, 3.63) is 11.9 Å². The zero-order valence-electron chi connectivity index (χ0n) is 10.7. The highest BCUT2D eigenvalue weighted by molar-refractivity contribution is 4.92. The Balaban J connectivity index is 1.79. The molecule has 0 aliphatic carbocycles. The third-order valence-electron chi connectivity index (χ3n) is 3.60. The highest BCUT2D eigenvalue weighted by atomic mass is 15.4. The van der Waals surface area contributed by atoms with Crippen molar-refractivity contribution in [1.82, 2.24) is 19.9 Å². The average molecular weight is 237 g/mol. The van der Waals surface area contributed by atoms with Crippen LogP contribution < -0.4 is 5.73 Å². The second-order valence-corrected chi connectivity index (χ2v) is 4.93. The van der Waals surface area contributed by atoms with Crippen molar-refractivity contribution in [2.75, 3.05) is 20.1 Å². The molecule has 0 saturated carbocycles. The summed E-state index contributed by atoms with van der Waals surface area (Å²) in [4.78, 5) is 2.47. The Hall–Kier alpha value is -0.940. The van der Waals surface area contributed by atoms with Crippen LogP contribution in [0.5, 0.6) is 0 Å². The summed E-state index contributed by atoms with van der Waals surface area (Å²) in [6, 6.07) is 0.714. The van der Waals surface area contributed by atoms with E-state index in [0.29, 0.717) is 12.6 Å². The van der Waals surface area contributed by atoms with Gasteiger partial charge in [0, 0.05) is 25.2 Å². The van der Waals surface area contributed by atoms with E-state index in [2.05, 4.69) is 22.3 Å². The molecule has 1 unspecified atom stereocenters. The number of nitrogens with zero attached hydrogens (tertiary/aromatic N) is 4. The van der Waals surface area contributed by atoms with Crippen LogP contribution in [0.2, 0.25) is 0 Å². The van der Waals surface area contributed by atoms with Crippen molar-refractivity contribution in [1.29, 1.82) is 0 Å². The van der Waals surface area contributed by atoms with Gasteiger partial charge in [-0.25, -0.2) is 0 Å². The first-order valence-electron chi connectivity index (χ1n) is 6.59. The number of nitrogens with two attached hydrogens (primary N) is 1. The normalized spacial score (nSPS) is 21.9. The Kier molecular flexibility index (Phi) is 4.50. The fourth-order valence-corrected chi connectivity index (χ4v) is 2.50. The Labute approximate surface area is 103 Å². The van der Waals surface area contributed by atoms with Crippen LogP contribution in [-0.2, 0) is 13.0 Å². The number of piperidine rings is 1. The van der Waals surface area contributed by atoms with E-state index >= 15 is 0 Å². The standard InChI is InChI=1S/C12H23N5/c1-16-8-3-2-4-12(16)6-9-17-10-11(5-7-13)14-15-17/h10,12H,2-9,13H2,1H3. The maximum Gasteiger partial charge on any atom is 0.0839 e. The molecule has 0 amide bonds. The second-order valence-electron chi connectivity index (χ2n) is 4.93. The van der Waals surface area contributed by atoms with Crippen molar-refractivity contribution in [3.8, 4) is 0 Å². The van der Waals surface area contributed by atoms with E-state index in [4.69, 9.17) is 5.73 Å². The minimum absolute atomic E-state index is 0.643. The van der Waals surface area contributed by atoms with Crippen molar-refractivity contribution in [2.24, 2.45) is 5.73 Å². The van der Waals surface area contributed by atoms with Crippen LogP contribution in [0, 0.1) is 0 Å². The Morgan fingerprint density at radius 2 is 2.35 bits per heavy atom. The highest BCUT2D eigenvalue weighted by Crippen LogP contribution is 2.18. The Morgan fingerprint density at radius 1 is 1.47 bits per heavy atom. The van der Waals surface area contributed by atoms with Crippen LogP contribution in [0.25, 0.3) is 0 Å². The fraction of sp³-hybridized carbons (Fsp3) is 0.833. The lowest BCUT2D eigenvalue weighted by molar-refractivity contribution is 0.169. The molecule has 1 atom stereocenters. The van der Waals surface area contributed by atoms with Crippen LogP contribution in [0.3, 0.4) is 0 Å². The third kappa shape index (κ3) is 3.51. The smallest absolute Gasteiger partial charge is 0.0839 e. The average Bonchev–Trinajstić information content (AvgIpc) is 2.76. The summed E-state index contributed by atoms with van der Waals surface area (Å²) < 4.78 is 1.95. The number of hydrogen-bond donors (Lipinski definition) is 1. The molecule has 0 bridgehead atoms. The van der Waals surface area contributed by atoms with E-state index in [0.717, 1.165) is 18.7 Å². The number of likely N-dealkylation sites (tertiary alicyclic amines) is 1. The number of aryl methyl sites for hydroxylation is 1. The van der Waals surface area contributed by atoms with Crippen LogP contribution in [0.4, 0.5) is 0 Å². The Bertz CT molecular complexity index is 335. The van der Waals surface area contributed by atoms with Crippen molar-refractivity contribution in [2.45, 2.75) is 44.7 Å². The maximum atomic E-state index is 5.50. The summed E-state index contributed by atoms with van der Waals surface area (Å²) in [5.41, 5.74) is 6.50. The molecule has 1 aliphatic rings. The van der Waals surface area contributed by atoms with E-state index in [9.17, 15) is 0 Å². The molecular formula is C12H23N5. The Morgan fingerprint density at radius 3 is 3.12 bits per heavy atom. The lowest BCUT2D eigenvalue weighted by Crippen LogP contribution is -2.36. The van der Waals surface area contributed by atoms with Crippen LogP contribution >= 0.6 is 0 Å². The summed E-state index contributed by atoms with van der Waals surface area (Å²) in [6.45, 7) is 2.84. The van der Waals surface area contributed by atoms with E-state index in [1.807, 2.05) is 10.9 Å². The minimum atomic E-state index is 0.643. The number of hydrogen-bond acceptors (Lipinski definition) is 4. The molecule has 1 aromatic rings. The predicted octanol–water partition coefficient (Wildman–Crippen LogP) is 0.654. The molecule has 5 heteroatoms. The van der Waals surface area contributed by atoms with Gasteiger partial charge in [0.25, 0.3) is 0 Å². The van der Waals surface area contributed by atoms with Gasteiger partial charge in [-0.05, 0) is 39.4 Å². The quantitative estimate of drug-likeness (QED) is 0.817. The first kappa shape index (κ1) is 12.5. The highest BCUT2D eigenvalue weighted by Gasteiger charge is 2.18. The monoisotopic (exact) mass is 237 g/mol. The number of aromatic nitrogens is 3. The van der Waals surface area contributed by atoms with Gasteiger partial charge in [-0.15, -0.1) is 5.10 Å². The molecule has 5 nitrogen and oxygen atoms in total. The molecular weight excluding hydrogens is 214 g/mol. The molecule has 1 fully saturated rings. The molecule has 2 rings (SSSR count). The molecule has 0 aromatic carbocycles. The van der Waals surface area contributed by atoms with Gasteiger partial charge in [0.2, 0.25) is 0 Å². The second kappa shape index (κ2) is 6.12. The summed E-state index contributed by atoms with van der Waals surface area (Å²) in [6.07, 6.45) is 8.05. The van der Waals surface area contributed by atoms with Gasteiger partial charge in [-0.3, -0.25) is 4.68 Å². The molecule has 1 aliphatic heterocycles. The van der Waals surface area contributed by atoms with E-state index in [1.54, 1.807) is 0 Å². The van der Waals surface area contributed by atoms with Gasteiger partial charge in [-0.1, -0.05) is 11.6 Å². The van der Waals surface area contributed by atoms with Gasteiger partial charge in [0.1, 0.15) is 0 Å². The zero-order chi connectivity index (χ0) is 12.1. The molecule has 2 heterocycles. The molecule has 0 radical (unpaired) electrons. The van der Waals surface area contributed by atoms with Crippen molar-refractivity contribution in [3.63, 3.8) is 0 Å². The largest absolute Gasteiger partial charge is 0.330 e. The first-order chi connectivity index (χ1) is 8.29. The van der Waals surface area contributed by atoms with E-state index in [1.165, 1.54) is 32.2 Å². The molecule has 1 saturated heterocycles. The summed E-state index contributed by atoms with van der Waals surface area (Å²) in [5, 5.41) is 8.24. The van der Waals surface area contributed by atoms with E-state index < -0.39 is 0 Å². The predicted molar refractivity (Wildman–Crippen MR) is 67.7 cm³/mol. The van der Waals surface area contributed by atoms with Gasteiger partial charge >= 0.3 is 0 Å². The van der Waals surface area contributed by atoms with Gasteiger partial charge in [-0.2, -0.15) is 0 Å². The van der Waals surface area contributed by atoms with E-state index in [-0.39, 0.29) is 0 Å². The topological polar surface area (TPSA) is 60.0 Å². The molecule has 0 spiro atoms. The summed E-state index contributed by atoms with van der Waals surface area (Å²) in [5.74, 6) is 0. The molecule has 17 heavy (non-hydrogen) atoms. The van der Waals surface area contributed by atoms with Crippen molar-refractivity contribution >= 4 is 0 Å². The van der Waals surface area contributed by atoms with Crippen molar-refractivity contribution < 1.29 is 0 Å². The summed E-state index contributed by atoms with van der Waals surface area (Å²) in [7, 11) is 2.23. The molecule has 1 aromatic heterocycles. The molecule has 2 N–H and O–H groups in total. The summed E-state index contributed by atoms with van der Waals surface area (Å²) >= 11 is 0. The van der Waals surface area contributed by atoms with Gasteiger partial charge < -0.3 is 10.6 Å². The third-order valence-corrected chi connectivity index (χ3v) is 3.60. The van der Waals surface area contributed by atoms with Crippen LogP contribution in [-0.4, -0.2) is 46.1 Å². The van der Waals surface area contributed by atoms with Gasteiger partial charge in [0.15, 0.2) is 0 Å². The zero-order valence-corrected chi connectivity index (χ0v) is 10.7. The van der Waals surface area contributed by atoms with Crippen LogP contribution in [0.15, 0.2) is 6.20 Å². The maximum absolute atomic E-state index is 5.50. The minimum Gasteiger partial charge on any atom is -0.330 e. The lowest BCUT2D eigenvalue weighted by atomic mass is 10.0. The SMILES string of the molecule is CN1CCCCC1CCn1cc(CCN)nn1. The number of rotatable bonds is 5. The van der Waals surface area contributed by atoms with Gasteiger partial charge in [0.05, 0.1) is 5.69 Å². The molecule has 96 valence electrons. The first-order valence-corrected chi connectivity index (χ1v) is 6.59. The lowest BCUT2D eigenvalue weighted by Gasteiger charge is -2.32.